The number of hydrogen-bond acceptors (Lipinski definition) is 3. The second-order valence-electron chi connectivity index (χ2n) is 4.77. The lowest BCUT2D eigenvalue weighted by molar-refractivity contribution is 0.554. The number of nitrogens with one attached hydrogen (secondary N) is 1. The van der Waals surface area contributed by atoms with Gasteiger partial charge in [0.1, 0.15) is 10.8 Å². The van der Waals surface area contributed by atoms with Gasteiger partial charge in [0, 0.05) is 21.6 Å². The van der Waals surface area contributed by atoms with Crippen molar-refractivity contribution < 1.29 is 4.39 Å². The van der Waals surface area contributed by atoms with E-state index in [0.29, 0.717) is 0 Å². The predicted octanol–water partition coefficient (Wildman–Crippen LogP) is 5.20. The summed E-state index contributed by atoms with van der Waals surface area (Å²) in [5.74, 6) is -0.205. The summed E-state index contributed by atoms with van der Waals surface area (Å²) in [6.07, 6.45) is 2.82. The van der Waals surface area contributed by atoms with Crippen LogP contribution in [0.2, 0.25) is 0 Å². The van der Waals surface area contributed by atoms with E-state index in [1.54, 1.807) is 24.0 Å². The van der Waals surface area contributed by atoms with E-state index in [4.69, 9.17) is 0 Å². The summed E-state index contributed by atoms with van der Waals surface area (Å²) in [5, 5.41) is 4.30. The molecule has 0 spiro atoms. The molecule has 0 radical (unpaired) electrons. The van der Waals surface area contributed by atoms with Gasteiger partial charge in [0.25, 0.3) is 0 Å². The van der Waals surface area contributed by atoms with Crippen molar-refractivity contribution in [2.24, 2.45) is 0 Å². The smallest absolute Gasteiger partial charge is 0.123 e. The van der Waals surface area contributed by atoms with E-state index in [1.165, 1.54) is 6.07 Å². The minimum Gasteiger partial charge on any atom is -0.310 e. The van der Waals surface area contributed by atoms with Crippen LogP contribution in [0.25, 0.3) is 0 Å². The molecule has 1 aromatic carbocycles. The zero-order valence-corrected chi connectivity index (χ0v) is 14.5. The zero-order chi connectivity index (χ0) is 15.2. The molecule has 1 heterocycles. The first-order chi connectivity index (χ1) is 10.1. The number of hydrogen-bond donors (Lipinski definition) is 1. The van der Waals surface area contributed by atoms with Gasteiger partial charge < -0.3 is 5.32 Å². The number of halogens is 2. The summed E-state index contributed by atoms with van der Waals surface area (Å²) < 4.78 is 14.5. The molecule has 112 valence electrons. The van der Waals surface area contributed by atoms with Gasteiger partial charge >= 0.3 is 0 Å². The highest BCUT2D eigenvalue weighted by Crippen LogP contribution is 2.33. The summed E-state index contributed by atoms with van der Waals surface area (Å²) in [6.45, 7) is 5.09. The second-order valence-corrected chi connectivity index (χ2v) is 6.75. The fourth-order valence-electron chi connectivity index (χ4n) is 1.96. The van der Waals surface area contributed by atoms with E-state index in [-0.39, 0.29) is 11.9 Å². The van der Waals surface area contributed by atoms with Gasteiger partial charge in [-0.1, -0.05) is 18.7 Å². The molecule has 2 rings (SSSR count). The minimum absolute atomic E-state index is 0.110. The number of rotatable bonds is 6. The molecule has 0 bridgehead atoms. The molecule has 0 fully saturated rings. The lowest BCUT2D eigenvalue weighted by atomic mass is 10.1. The average Bonchev–Trinajstić information content (AvgIpc) is 2.49. The van der Waals surface area contributed by atoms with E-state index < -0.39 is 0 Å². The molecule has 2 nitrogen and oxygen atoms in total. The molecule has 0 aliphatic rings. The predicted molar refractivity (Wildman–Crippen MR) is 89.2 cm³/mol. The van der Waals surface area contributed by atoms with Gasteiger partial charge in [0.15, 0.2) is 0 Å². The Morgan fingerprint density at radius 3 is 2.81 bits per heavy atom. The van der Waals surface area contributed by atoms with Crippen LogP contribution in [0.5, 0.6) is 0 Å². The molecule has 0 saturated heterocycles. The third-order valence-corrected chi connectivity index (χ3v) is 4.57. The second kappa shape index (κ2) is 7.92. The Balaban J connectivity index is 2.23. The topological polar surface area (TPSA) is 24.9 Å². The standard InChI is InChI=1S/C16H18BrFN2S/c1-3-8-19-11(2)14-9-13(18)5-6-15(14)21-16-7-4-12(17)10-20-16/h4-7,9-11,19H,3,8H2,1-2H3. The van der Waals surface area contributed by atoms with Crippen LogP contribution in [0.3, 0.4) is 0 Å². The van der Waals surface area contributed by atoms with E-state index in [1.807, 2.05) is 18.2 Å². The van der Waals surface area contributed by atoms with Gasteiger partial charge in [-0.3, -0.25) is 0 Å². The molecule has 0 saturated carbocycles. The molecule has 2 aromatic rings. The molecular weight excluding hydrogens is 351 g/mol. The molecule has 0 aliphatic heterocycles. The van der Waals surface area contributed by atoms with Gasteiger partial charge in [-0.25, -0.2) is 9.37 Å². The zero-order valence-electron chi connectivity index (χ0n) is 12.1. The Kier molecular flexibility index (Phi) is 6.21. The van der Waals surface area contributed by atoms with Crippen molar-refractivity contribution in [2.75, 3.05) is 6.54 Å². The Morgan fingerprint density at radius 2 is 2.14 bits per heavy atom. The molecule has 1 N–H and O–H groups in total. The van der Waals surface area contributed by atoms with Gasteiger partial charge in [-0.05, 0) is 71.7 Å². The third kappa shape index (κ3) is 4.80. The van der Waals surface area contributed by atoms with Crippen LogP contribution in [-0.4, -0.2) is 11.5 Å². The van der Waals surface area contributed by atoms with E-state index in [2.05, 4.69) is 40.1 Å². The van der Waals surface area contributed by atoms with Crippen LogP contribution in [0.1, 0.15) is 31.9 Å². The SMILES string of the molecule is CCCNC(C)c1cc(F)ccc1Sc1ccc(Br)cn1. The van der Waals surface area contributed by atoms with Crippen molar-refractivity contribution >= 4 is 27.7 Å². The minimum atomic E-state index is -0.205. The van der Waals surface area contributed by atoms with Crippen LogP contribution in [-0.2, 0) is 0 Å². The van der Waals surface area contributed by atoms with E-state index in [0.717, 1.165) is 32.9 Å². The highest BCUT2D eigenvalue weighted by Gasteiger charge is 2.13. The molecule has 1 unspecified atom stereocenters. The first-order valence-electron chi connectivity index (χ1n) is 6.92. The van der Waals surface area contributed by atoms with Crippen molar-refractivity contribution in [3.63, 3.8) is 0 Å². The Morgan fingerprint density at radius 1 is 1.33 bits per heavy atom. The normalized spacial score (nSPS) is 12.4. The first kappa shape index (κ1) is 16.5. The van der Waals surface area contributed by atoms with E-state index >= 15 is 0 Å². The van der Waals surface area contributed by atoms with Crippen molar-refractivity contribution in [3.8, 4) is 0 Å². The molecule has 21 heavy (non-hydrogen) atoms. The van der Waals surface area contributed by atoms with Gasteiger partial charge in [0.2, 0.25) is 0 Å². The summed E-state index contributed by atoms with van der Waals surface area (Å²) >= 11 is 4.93. The summed E-state index contributed by atoms with van der Waals surface area (Å²) in [6, 6.07) is 8.94. The maximum Gasteiger partial charge on any atom is 0.123 e. The van der Waals surface area contributed by atoms with Gasteiger partial charge in [0.05, 0.1) is 0 Å². The third-order valence-electron chi connectivity index (χ3n) is 3.05. The molecule has 0 amide bonds. The summed E-state index contributed by atoms with van der Waals surface area (Å²) in [7, 11) is 0. The molecule has 5 heteroatoms. The quantitative estimate of drug-likeness (QED) is 0.758. The van der Waals surface area contributed by atoms with Crippen molar-refractivity contribution in [2.45, 2.75) is 36.2 Å². The van der Waals surface area contributed by atoms with Crippen LogP contribution >= 0.6 is 27.7 Å². The van der Waals surface area contributed by atoms with Crippen LogP contribution in [0, 0.1) is 5.82 Å². The lowest BCUT2D eigenvalue weighted by Gasteiger charge is -2.17. The fraction of sp³-hybridized carbons (Fsp3) is 0.312. The number of aromatic nitrogens is 1. The van der Waals surface area contributed by atoms with Crippen LogP contribution in [0.4, 0.5) is 4.39 Å². The number of pyridine rings is 1. The van der Waals surface area contributed by atoms with Gasteiger partial charge in [-0.15, -0.1) is 0 Å². The van der Waals surface area contributed by atoms with Gasteiger partial charge in [-0.2, -0.15) is 0 Å². The van der Waals surface area contributed by atoms with Crippen molar-refractivity contribution in [1.82, 2.24) is 10.3 Å². The lowest BCUT2D eigenvalue weighted by Crippen LogP contribution is -2.20. The first-order valence-corrected chi connectivity index (χ1v) is 8.53. The Bertz CT molecular complexity index is 589. The van der Waals surface area contributed by atoms with Crippen molar-refractivity contribution in [3.05, 3.63) is 52.4 Å². The van der Waals surface area contributed by atoms with E-state index in [9.17, 15) is 4.39 Å². The summed E-state index contributed by atoms with van der Waals surface area (Å²) in [5.41, 5.74) is 0.971. The monoisotopic (exact) mass is 368 g/mol. The van der Waals surface area contributed by atoms with Crippen LogP contribution < -0.4 is 5.32 Å². The molecule has 1 atom stereocenters. The highest BCUT2D eigenvalue weighted by atomic mass is 79.9. The van der Waals surface area contributed by atoms with Crippen LogP contribution in [0.15, 0.2) is 50.9 Å². The average molecular weight is 369 g/mol. The number of benzene rings is 1. The molecular formula is C16H18BrFN2S. The highest BCUT2D eigenvalue weighted by molar-refractivity contribution is 9.10. The summed E-state index contributed by atoms with van der Waals surface area (Å²) in [4.78, 5) is 5.39. The maximum atomic E-state index is 13.6. The largest absolute Gasteiger partial charge is 0.310 e. The Hall–Kier alpha value is -0.910. The molecule has 1 aromatic heterocycles. The molecule has 0 aliphatic carbocycles. The number of nitrogens with zero attached hydrogens (tertiary/aromatic N) is 1. The maximum absolute atomic E-state index is 13.6. The Labute approximate surface area is 137 Å². The van der Waals surface area contributed by atoms with Crippen molar-refractivity contribution in [1.29, 1.82) is 0 Å². The fourth-order valence-corrected chi connectivity index (χ4v) is 3.15.